The topological polar surface area (TPSA) is 66.9 Å². The van der Waals surface area contributed by atoms with Crippen LogP contribution in [0.25, 0.3) is 0 Å². The van der Waals surface area contributed by atoms with Crippen molar-refractivity contribution in [2.24, 2.45) is 0 Å². The van der Waals surface area contributed by atoms with Crippen LogP contribution in [-0.2, 0) is 0 Å². The van der Waals surface area contributed by atoms with E-state index in [0.29, 0.717) is 5.69 Å². The molecule has 0 fully saturated rings. The number of aromatic nitrogens is 2. The van der Waals surface area contributed by atoms with E-state index < -0.39 is 11.7 Å². The summed E-state index contributed by atoms with van der Waals surface area (Å²) in [4.78, 5) is 24.2. The van der Waals surface area contributed by atoms with Crippen molar-refractivity contribution >= 4 is 6.03 Å². The minimum absolute atomic E-state index is 0.415. The maximum Gasteiger partial charge on any atom is 0.334 e. The number of imidazole rings is 1. The fourth-order valence-corrected chi connectivity index (χ4v) is 0.820. The van der Waals surface area contributed by atoms with Gasteiger partial charge in [-0.25, -0.2) is 14.2 Å². The lowest BCUT2D eigenvalue weighted by atomic mass is 10.5. The summed E-state index contributed by atoms with van der Waals surface area (Å²) in [7, 11) is 1.47. The highest BCUT2D eigenvalue weighted by Crippen LogP contribution is 1.88. The number of nitrogens with one attached hydrogen (secondary N) is 2. The van der Waals surface area contributed by atoms with Crippen LogP contribution >= 0.6 is 0 Å². The van der Waals surface area contributed by atoms with Gasteiger partial charge in [0.25, 0.3) is 0 Å². The predicted molar refractivity (Wildman–Crippen MR) is 39.6 cm³/mol. The van der Waals surface area contributed by atoms with Crippen LogP contribution in [0, 0.1) is 6.92 Å². The van der Waals surface area contributed by atoms with Crippen molar-refractivity contribution in [3.05, 3.63) is 22.4 Å². The van der Waals surface area contributed by atoms with Gasteiger partial charge in [-0.3, -0.25) is 0 Å². The summed E-state index contributed by atoms with van der Waals surface area (Å²) in [5.74, 6) is 0. The van der Waals surface area contributed by atoms with Gasteiger partial charge in [0.2, 0.25) is 0 Å². The van der Waals surface area contributed by atoms with Crippen LogP contribution < -0.4 is 11.0 Å². The van der Waals surface area contributed by atoms with Crippen molar-refractivity contribution in [1.82, 2.24) is 14.9 Å². The highest BCUT2D eigenvalue weighted by molar-refractivity contribution is 5.76. The first-order valence-corrected chi connectivity index (χ1v) is 3.16. The van der Waals surface area contributed by atoms with Crippen LogP contribution in [0.4, 0.5) is 4.79 Å². The summed E-state index contributed by atoms with van der Waals surface area (Å²) in [6.07, 6.45) is 1.48. The average molecular weight is 155 g/mol. The summed E-state index contributed by atoms with van der Waals surface area (Å²) in [6, 6.07) is -0.422. The van der Waals surface area contributed by atoms with Gasteiger partial charge in [0.15, 0.2) is 0 Å². The average Bonchev–Trinajstić information content (AvgIpc) is 2.30. The first kappa shape index (κ1) is 7.59. The number of nitrogens with zero attached hydrogens (tertiary/aromatic N) is 1. The van der Waals surface area contributed by atoms with Crippen LogP contribution in [0.1, 0.15) is 5.69 Å². The Hall–Kier alpha value is -1.52. The van der Waals surface area contributed by atoms with E-state index in [1.165, 1.54) is 13.2 Å². The Labute approximate surface area is 63.0 Å². The lowest BCUT2D eigenvalue weighted by Crippen LogP contribution is -2.33. The molecule has 0 atom stereocenters. The normalized spacial score (nSPS) is 9.64. The van der Waals surface area contributed by atoms with Crippen LogP contribution in [-0.4, -0.2) is 22.6 Å². The van der Waals surface area contributed by atoms with E-state index in [4.69, 9.17) is 0 Å². The zero-order chi connectivity index (χ0) is 8.43. The third-order valence-electron chi connectivity index (χ3n) is 1.38. The number of hydrogen-bond acceptors (Lipinski definition) is 2. The minimum atomic E-state index is -0.422. The van der Waals surface area contributed by atoms with Crippen molar-refractivity contribution < 1.29 is 4.79 Å². The second-order valence-electron chi connectivity index (χ2n) is 2.13. The third kappa shape index (κ3) is 1.17. The summed E-state index contributed by atoms with van der Waals surface area (Å²) in [5.41, 5.74) is 0.177. The standard InChI is InChI=1S/C6H9N3O2/c1-4-3-8-6(11)9(4)5(10)7-2/h3H,1-2H3,(H,7,10)(H,8,11). The molecule has 0 aliphatic carbocycles. The number of hydrogen-bond donors (Lipinski definition) is 2. The van der Waals surface area contributed by atoms with Gasteiger partial charge >= 0.3 is 11.7 Å². The van der Waals surface area contributed by atoms with Gasteiger partial charge in [0.1, 0.15) is 0 Å². The molecule has 0 saturated carbocycles. The van der Waals surface area contributed by atoms with Gasteiger partial charge in [-0.1, -0.05) is 0 Å². The zero-order valence-electron chi connectivity index (χ0n) is 6.34. The SMILES string of the molecule is CNC(=O)n1c(C)c[nH]c1=O. The molecule has 11 heavy (non-hydrogen) atoms. The van der Waals surface area contributed by atoms with E-state index in [0.717, 1.165) is 4.57 Å². The summed E-state index contributed by atoms with van der Waals surface area (Å²) in [6.45, 7) is 1.67. The molecule has 0 aliphatic rings. The maximum absolute atomic E-state index is 10.9. The number of H-pyrrole nitrogens is 1. The number of carbonyl (C=O) groups excluding carboxylic acids is 1. The van der Waals surface area contributed by atoms with Crippen molar-refractivity contribution in [1.29, 1.82) is 0 Å². The van der Waals surface area contributed by atoms with Crippen molar-refractivity contribution in [3.63, 3.8) is 0 Å². The van der Waals surface area contributed by atoms with Crippen LogP contribution in [0.5, 0.6) is 0 Å². The van der Waals surface area contributed by atoms with Gasteiger partial charge in [-0.15, -0.1) is 0 Å². The monoisotopic (exact) mass is 155 g/mol. The molecule has 5 heteroatoms. The molecule has 0 bridgehead atoms. The molecule has 1 rings (SSSR count). The fourth-order valence-electron chi connectivity index (χ4n) is 0.820. The predicted octanol–water partition coefficient (Wildman–Crippen LogP) is -0.328. The van der Waals surface area contributed by atoms with E-state index in [1.807, 2.05) is 0 Å². The van der Waals surface area contributed by atoms with Crippen molar-refractivity contribution in [2.75, 3.05) is 7.05 Å². The summed E-state index contributed by atoms with van der Waals surface area (Å²) < 4.78 is 1.03. The molecule has 0 spiro atoms. The molecule has 2 N–H and O–H groups in total. The molecule has 0 radical (unpaired) electrons. The highest BCUT2D eigenvalue weighted by atomic mass is 16.2. The van der Waals surface area contributed by atoms with Crippen LogP contribution in [0.2, 0.25) is 0 Å². The molecular weight excluding hydrogens is 146 g/mol. The minimum Gasteiger partial charge on any atom is -0.340 e. The molecule has 1 amide bonds. The Bertz CT molecular complexity index is 323. The molecule has 0 unspecified atom stereocenters. The zero-order valence-corrected chi connectivity index (χ0v) is 6.34. The molecule has 5 nitrogen and oxygen atoms in total. The maximum atomic E-state index is 10.9. The lowest BCUT2D eigenvalue weighted by Gasteiger charge is -1.98. The second kappa shape index (κ2) is 2.61. The number of carbonyl (C=O) groups is 1. The van der Waals surface area contributed by atoms with Crippen molar-refractivity contribution in [3.8, 4) is 0 Å². The molecule has 0 aromatic carbocycles. The van der Waals surface area contributed by atoms with Gasteiger partial charge in [0.05, 0.1) is 0 Å². The molecule has 60 valence electrons. The number of aromatic amines is 1. The first-order valence-electron chi connectivity index (χ1n) is 3.16. The first-order chi connectivity index (χ1) is 5.16. The smallest absolute Gasteiger partial charge is 0.334 e. The number of rotatable bonds is 0. The summed E-state index contributed by atoms with van der Waals surface area (Å²) >= 11 is 0. The van der Waals surface area contributed by atoms with E-state index >= 15 is 0 Å². The van der Waals surface area contributed by atoms with E-state index in [1.54, 1.807) is 6.92 Å². The highest BCUT2D eigenvalue weighted by Gasteiger charge is 2.07. The Balaban J connectivity index is 3.21. The Kier molecular flexibility index (Phi) is 1.80. The number of amides is 1. The Morgan fingerprint density at radius 3 is 2.73 bits per heavy atom. The van der Waals surface area contributed by atoms with E-state index in [2.05, 4.69) is 10.3 Å². The van der Waals surface area contributed by atoms with Gasteiger partial charge in [-0.2, -0.15) is 0 Å². The molecule has 1 aromatic rings. The fraction of sp³-hybridized carbons (Fsp3) is 0.333. The molecular formula is C6H9N3O2. The third-order valence-corrected chi connectivity index (χ3v) is 1.38. The van der Waals surface area contributed by atoms with Gasteiger partial charge in [-0.05, 0) is 6.92 Å². The second-order valence-corrected chi connectivity index (χ2v) is 2.13. The molecule has 0 saturated heterocycles. The van der Waals surface area contributed by atoms with E-state index in [-0.39, 0.29) is 0 Å². The molecule has 0 aliphatic heterocycles. The van der Waals surface area contributed by atoms with Gasteiger partial charge < -0.3 is 10.3 Å². The largest absolute Gasteiger partial charge is 0.340 e. The Morgan fingerprint density at radius 2 is 2.36 bits per heavy atom. The quantitative estimate of drug-likeness (QED) is 0.538. The molecule has 1 heterocycles. The van der Waals surface area contributed by atoms with Crippen LogP contribution in [0.3, 0.4) is 0 Å². The summed E-state index contributed by atoms with van der Waals surface area (Å²) in [5, 5.41) is 2.35. The lowest BCUT2D eigenvalue weighted by molar-refractivity contribution is 0.243. The van der Waals surface area contributed by atoms with E-state index in [9.17, 15) is 9.59 Å². The van der Waals surface area contributed by atoms with Crippen LogP contribution in [0.15, 0.2) is 11.0 Å². The number of aryl methyl sites for hydroxylation is 1. The van der Waals surface area contributed by atoms with Crippen molar-refractivity contribution in [2.45, 2.75) is 6.92 Å². The molecule has 1 aromatic heterocycles. The Morgan fingerprint density at radius 1 is 1.73 bits per heavy atom. The van der Waals surface area contributed by atoms with Gasteiger partial charge in [0, 0.05) is 18.9 Å².